The van der Waals surface area contributed by atoms with Gasteiger partial charge in [0.25, 0.3) is 0 Å². The van der Waals surface area contributed by atoms with Gasteiger partial charge in [-0.3, -0.25) is 0 Å². The SMILES string of the molecule is c1ccc(-c2ccc(N(c3ccccc3)c3ccc(-n4c5ccccc5c5c6oc7c(cc(N(c8ccccc8)c8ccccc8)c8c7c7ccc(N(c9ccccc9)c9ccccc9)cc7n8-c7ccc(N(c8ccccc8)c8ccc(-c9ccccc9)cc8)cc7)c6cc(N(c6ccccc6)c6ccccc6)c54)cc3)cc2)cc1. The summed E-state index contributed by atoms with van der Waals surface area (Å²) in [5.74, 6) is 0. The standard InChI is InChI=1S/C108H75N7O/c1-11-33-76(34-12-1)78-55-59-88(60-56-78)109(80-37-15-3-16-38-80)90-63-67-92(68-64-90)114-99-54-32-31-53-95(99)103-105(114)101(112(84-45-23-7-24-46-84)85-47-25-8-26-48-85)74-97-98-75-102(113(86-49-27-9-28-50-86)87-51-29-10-30-52-87)106-104(108(98)116-107(97)103)96-72-71-94(111(82-41-19-5-20-42-82)83-43-21-6-22-44-83)73-100(96)115(106)93-69-65-91(66-70-93)110(81-39-17-4-18-40-81)89-61-57-79(58-62-89)77-35-13-2-14-36-77/h1-75H. The molecule has 0 radical (unpaired) electrons. The van der Waals surface area contributed by atoms with E-state index in [4.69, 9.17) is 4.42 Å². The molecule has 116 heavy (non-hydrogen) atoms. The molecule has 0 fully saturated rings. The predicted molar refractivity (Wildman–Crippen MR) is 487 cm³/mol. The van der Waals surface area contributed by atoms with Crippen molar-refractivity contribution in [1.29, 1.82) is 0 Å². The molecule has 548 valence electrons. The third-order valence-corrected chi connectivity index (χ3v) is 22.4. The molecule has 21 aromatic rings. The van der Waals surface area contributed by atoms with Gasteiger partial charge in [-0.2, -0.15) is 0 Å². The van der Waals surface area contributed by atoms with Crippen LogP contribution in [0.2, 0.25) is 0 Å². The average Bonchev–Trinajstić information content (AvgIpc) is 1.52. The first-order chi connectivity index (χ1) is 57.6. The fraction of sp³-hybridized carbons (Fsp3) is 0. The van der Waals surface area contributed by atoms with Gasteiger partial charge in [-0.15, -0.1) is 0 Å². The minimum absolute atomic E-state index is 0.772. The van der Waals surface area contributed by atoms with E-state index in [1.807, 2.05) is 0 Å². The number of aromatic nitrogens is 2. The van der Waals surface area contributed by atoms with Crippen LogP contribution in [-0.2, 0) is 0 Å². The van der Waals surface area contributed by atoms with Crippen molar-refractivity contribution in [3.05, 3.63) is 455 Å². The number of anilines is 15. The Labute approximate surface area is 673 Å². The zero-order valence-corrected chi connectivity index (χ0v) is 63.3. The lowest BCUT2D eigenvalue weighted by atomic mass is 10.0. The second kappa shape index (κ2) is 29.6. The van der Waals surface area contributed by atoms with Crippen molar-refractivity contribution in [3.8, 4) is 33.6 Å². The van der Waals surface area contributed by atoms with E-state index in [0.717, 1.165) is 173 Å². The molecule has 0 N–H and O–H groups in total. The maximum absolute atomic E-state index is 8.19. The van der Waals surface area contributed by atoms with Crippen LogP contribution in [0.5, 0.6) is 0 Å². The lowest BCUT2D eigenvalue weighted by Gasteiger charge is -2.28. The maximum Gasteiger partial charge on any atom is 0.145 e. The van der Waals surface area contributed by atoms with Crippen LogP contribution in [0.4, 0.5) is 85.3 Å². The normalized spacial score (nSPS) is 11.4. The van der Waals surface area contributed by atoms with Crippen LogP contribution >= 0.6 is 0 Å². The van der Waals surface area contributed by atoms with Gasteiger partial charge in [0.05, 0.1) is 44.2 Å². The van der Waals surface area contributed by atoms with Crippen molar-refractivity contribution in [1.82, 2.24) is 9.13 Å². The number of nitrogens with zero attached hydrogens (tertiary/aromatic N) is 7. The Bertz CT molecular complexity index is 6940. The Hall–Kier alpha value is -15.6. The lowest BCUT2D eigenvalue weighted by Crippen LogP contribution is -2.12. The van der Waals surface area contributed by atoms with Crippen molar-refractivity contribution in [2.45, 2.75) is 0 Å². The van der Waals surface area contributed by atoms with Gasteiger partial charge in [0.15, 0.2) is 0 Å². The van der Waals surface area contributed by atoms with Crippen LogP contribution in [0, 0.1) is 0 Å². The van der Waals surface area contributed by atoms with E-state index < -0.39 is 0 Å². The summed E-state index contributed by atoms with van der Waals surface area (Å²) in [6.07, 6.45) is 0. The number of fused-ring (bicyclic) bond motifs is 11. The second-order valence-corrected chi connectivity index (χ2v) is 29.2. The molecule has 3 aromatic heterocycles. The summed E-state index contributed by atoms with van der Waals surface area (Å²) >= 11 is 0. The van der Waals surface area contributed by atoms with E-state index in [9.17, 15) is 0 Å². The molecular weight excluding hydrogens is 1410 g/mol. The Morgan fingerprint density at radius 3 is 0.750 bits per heavy atom. The summed E-state index contributed by atoms with van der Waals surface area (Å²) in [7, 11) is 0. The molecule has 0 unspecified atom stereocenters. The van der Waals surface area contributed by atoms with Gasteiger partial charge in [0.2, 0.25) is 0 Å². The molecule has 0 aliphatic carbocycles. The largest absolute Gasteiger partial charge is 0.455 e. The van der Waals surface area contributed by atoms with E-state index in [0.29, 0.717) is 0 Å². The number of para-hydroxylation sites is 9. The molecule has 3 heterocycles. The molecule has 0 aliphatic heterocycles. The fourth-order valence-electron chi connectivity index (χ4n) is 17.2. The summed E-state index contributed by atoms with van der Waals surface area (Å²) < 4.78 is 13.1. The Morgan fingerprint density at radius 1 is 0.172 bits per heavy atom. The number of furan rings is 1. The van der Waals surface area contributed by atoms with E-state index >= 15 is 0 Å². The fourth-order valence-corrected chi connectivity index (χ4v) is 17.2. The van der Waals surface area contributed by atoms with E-state index in [1.165, 1.54) is 11.1 Å². The van der Waals surface area contributed by atoms with Crippen LogP contribution in [0.25, 0.3) is 99.2 Å². The highest BCUT2D eigenvalue weighted by molar-refractivity contribution is 6.33. The van der Waals surface area contributed by atoms with Gasteiger partial charge < -0.3 is 38.1 Å². The van der Waals surface area contributed by atoms with Gasteiger partial charge in [-0.05, 0) is 229 Å². The number of rotatable bonds is 19. The van der Waals surface area contributed by atoms with E-state index in [2.05, 4.69) is 489 Å². The zero-order valence-electron chi connectivity index (χ0n) is 63.3. The van der Waals surface area contributed by atoms with Crippen molar-refractivity contribution < 1.29 is 4.42 Å². The topological polar surface area (TPSA) is 39.2 Å². The second-order valence-electron chi connectivity index (χ2n) is 29.2. The summed E-state index contributed by atoms with van der Waals surface area (Å²) in [5.41, 5.74) is 27.5. The van der Waals surface area contributed by atoms with Crippen LogP contribution in [-0.4, -0.2) is 9.13 Å². The zero-order chi connectivity index (χ0) is 76.8. The quantitative estimate of drug-likeness (QED) is 0.0803. The molecule has 0 amide bonds. The Balaban J connectivity index is 0.857. The van der Waals surface area contributed by atoms with Gasteiger partial charge >= 0.3 is 0 Å². The summed E-state index contributed by atoms with van der Waals surface area (Å²) in [6, 6.07) is 164. The Kier molecular flexibility index (Phi) is 17.4. The van der Waals surface area contributed by atoms with Crippen molar-refractivity contribution in [2.24, 2.45) is 0 Å². The minimum atomic E-state index is 0.772. The number of hydrogen-bond acceptors (Lipinski definition) is 6. The molecule has 21 rings (SSSR count). The van der Waals surface area contributed by atoms with Crippen LogP contribution < -0.4 is 24.5 Å². The van der Waals surface area contributed by atoms with Crippen LogP contribution in [0.3, 0.4) is 0 Å². The highest BCUT2D eigenvalue weighted by atomic mass is 16.3. The highest BCUT2D eigenvalue weighted by Crippen LogP contribution is 2.55. The van der Waals surface area contributed by atoms with Crippen molar-refractivity contribution in [3.63, 3.8) is 0 Å². The third-order valence-electron chi connectivity index (χ3n) is 22.4. The highest BCUT2D eigenvalue weighted by Gasteiger charge is 2.32. The number of hydrogen-bond donors (Lipinski definition) is 0. The number of benzene rings is 18. The molecule has 0 bridgehead atoms. The first-order valence-corrected chi connectivity index (χ1v) is 39.5. The molecule has 8 heteroatoms. The third kappa shape index (κ3) is 12.2. The van der Waals surface area contributed by atoms with Crippen LogP contribution in [0.15, 0.2) is 459 Å². The predicted octanol–water partition coefficient (Wildman–Crippen LogP) is 30.5. The monoisotopic (exact) mass is 1490 g/mol. The molecule has 0 aliphatic rings. The first-order valence-electron chi connectivity index (χ1n) is 39.5. The van der Waals surface area contributed by atoms with E-state index in [-0.39, 0.29) is 0 Å². The van der Waals surface area contributed by atoms with Crippen molar-refractivity contribution in [2.75, 3.05) is 24.5 Å². The minimum Gasteiger partial charge on any atom is -0.455 e. The summed E-state index contributed by atoms with van der Waals surface area (Å²) in [6.45, 7) is 0. The molecule has 0 atom stereocenters. The lowest BCUT2D eigenvalue weighted by molar-refractivity contribution is 0.677. The molecule has 0 saturated carbocycles. The van der Waals surface area contributed by atoms with Crippen LogP contribution in [0.1, 0.15) is 0 Å². The molecule has 0 spiro atoms. The summed E-state index contributed by atoms with van der Waals surface area (Å²) in [4.78, 5) is 11.9. The first kappa shape index (κ1) is 68.4. The van der Waals surface area contributed by atoms with Gasteiger partial charge in [-0.1, -0.05) is 249 Å². The van der Waals surface area contributed by atoms with E-state index in [1.54, 1.807) is 0 Å². The molecular formula is C108H75N7O. The molecule has 18 aromatic carbocycles. The molecule has 8 nitrogen and oxygen atoms in total. The van der Waals surface area contributed by atoms with Gasteiger partial charge in [0, 0.05) is 107 Å². The maximum atomic E-state index is 8.19. The average molecular weight is 1490 g/mol. The van der Waals surface area contributed by atoms with Crippen molar-refractivity contribution >= 4 is 151 Å². The van der Waals surface area contributed by atoms with Gasteiger partial charge in [0.1, 0.15) is 11.2 Å². The van der Waals surface area contributed by atoms with Gasteiger partial charge in [-0.25, -0.2) is 0 Å². The Morgan fingerprint density at radius 2 is 0.414 bits per heavy atom. The smallest absolute Gasteiger partial charge is 0.145 e. The summed E-state index contributed by atoms with van der Waals surface area (Å²) in [5, 5.41) is 5.98. The molecule has 0 saturated heterocycles.